The summed E-state index contributed by atoms with van der Waals surface area (Å²) < 4.78 is 6.17. The van der Waals surface area contributed by atoms with E-state index in [1.165, 1.54) is 0 Å². The minimum atomic E-state index is -0.518. The molecule has 0 radical (unpaired) electrons. The Kier molecular flexibility index (Phi) is 5.11. The number of halogens is 1. The van der Waals surface area contributed by atoms with Gasteiger partial charge >= 0.3 is 6.09 Å². The Morgan fingerprint density at radius 2 is 1.91 bits per heavy atom. The van der Waals surface area contributed by atoms with Crippen LogP contribution in [0, 0.1) is 0 Å². The van der Waals surface area contributed by atoms with Gasteiger partial charge in [0.05, 0.1) is 6.04 Å². The zero-order chi connectivity index (χ0) is 16.3. The Balaban J connectivity index is 1.88. The van der Waals surface area contributed by atoms with Crippen LogP contribution in [0.3, 0.4) is 0 Å². The molecule has 0 saturated carbocycles. The van der Waals surface area contributed by atoms with Gasteiger partial charge in [-0.1, -0.05) is 15.9 Å². The van der Waals surface area contributed by atoms with Crippen molar-refractivity contribution in [3.05, 3.63) is 34.3 Å². The van der Waals surface area contributed by atoms with E-state index in [1.54, 1.807) is 17.0 Å². The van der Waals surface area contributed by atoms with Crippen molar-refractivity contribution in [3.8, 4) is 0 Å². The highest BCUT2D eigenvalue weighted by atomic mass is 79.9. The van der Waals surface area contributed by atoms with Crippen molar-refractivity contribution in [2.75, 3.05) is 13.1 Å². The predicted molar refractivity (Wildman–Crippen MR) is 87.8 cm³/mol. The molecule has 1 aliphatic rings. The van der Waals surface area contributed by atoms with Gasteiger partial charge in [-0.15, -0.1) is 0 Å². The molecule has 2 rings (SSSR count). The van der Waals surface area contributed by atoms with Crippen molar-refractivity contribution < 1.29 is 14.3 Å². The number of nitrogens with one attached hydrogen (secondary N) is 1. The van der Waals surface area contributed by atoms with E-state index in [4.69, 9.17) is 4.74 Å². The zero-order valence-corrected chi connectivity index (χ0v) is 14.6. The molecule has 5 nitrogen and oxygen atoms in total. The van der Waals surface area contributed by atoms with E-state index in [2.05, 4.69) is 21.2 Å². The highest BCUT2D eigenvalue weighted by Crippen LogP contribution is 2.17. The second-order valence-electron chi connectivity index (χ2n) is 6.39. The number of rotatable bonds is 2. The molecule has 1 saturated heterocycles. The van der Waals surface area contributed by atoms with Crippen LogP contribution in [0.15, 0.2) is 28.7 Å². The second kappa shape index (κ2) is 6.69. The maximum Gasteiger partial charge on any atom is 0.407 e. The average molecular weight is 369 g/mol. The Labute approximate surface area is 139 Å². The van der Waals surface area contributed by atoms with Crippen LogP contribution < -0.4 is 5.32 Å². The first kappa shape index (κ1) is 16.8. The first-order valence-electron chi connectivity index (χ1n) is 7.29. The summed E-state index contributed by atoms with van der Waals surface area (Å²) in [5.41, 5.74) is 0.136. The number of carbonyl (C=O) groups excluding carboxylic acids is 2. The topological polar surface area (TPSA) is 58.6 Å². The molecule has 1 fully saturated rings. The summed E-state index contributed by atoms with van der Waals surface area (Å²) in [4.78, 5) is 25.9. The lowest BCUT2D eigenvalue weighted by molar-refractivity contribution is 0.0502. The Bertz CT molecular complexity index is 552. The van der Waals surface area contributed by atoms with E-state index in [9.17, 15) is 9.59 Å². The molecule has 2 amide bonds. The van der Waals surface area contributed by atoms with Crippen LogP contribution in [0.1, 0.15) is 37.6 Å². The lowest BCUT2D eigenvalue weighted by Crippen LogP contribution is -2.41. The van der Waals surface area contributed by atoms with Crippen LogP contribution in [0.2, 0.25) is 0 Å². The molecular formula is C16H21BrN2O3. The number of amides is 2. The smallest absolute Gasteiger partial charge is 0.407 e. The van der Waals surface area contributed by atoms with Crippen LogP contribution in [-0.2, 0) is 4.74 Å². The van der Waals surface area contributed by atoms with Crippen molar-refractivity contribution in [2.45, 2.75) is 38.8 Å². The second-order valence-corrected chi connectivity index (χ2v) is 7.31. The van der Waals surface area contributed by atoms with Crippen LogP contribution in [0.4, 0.5) is 4.79 Å². The molecule has 6 heteroatoms. The van der Waals surface area contributed by atoms with Gasteiger partial charge in [-0.25, -0.2) is 4.79 Å². The summed E-state index contributed by atoms with van der Waals surface area (Å²) in [6, 6.07) is 7.22. The van der Waals surface area contributed by atoms with Crippen molar-refractivity contribution in [3.63, 3.8) is 0 Å². The first-order valence-corrected chi connectivity index (χ1v) is 8.08. The molecule has 0 spiro atoms. The van der Waals surface area contributed by atoms with Gasteiger partial charge in [0.15, 0.2) is 0 Å². The van der Waals surface area contributed by atoms with Crippen LogP contribution >= 0.6 is 15.9 Å². The molecule has 1 N–H and O–H groups in total. The van der Waals surface area contributed by atoms with Crippen LogP contribution in [-0.4, -0.2) is 41.6 Å². The fraction of sp³-hybridized carbons (Fsp3) is 0.500. The minimum Gasteiger partial charge on any atom is -0.444 e. The largest absolute Gasteiger partial charge is 0.444 e. The fourth-order valence-corrected chi connectivity index (χ4v) is 2.58. The lowest BCUT2D eigenvalue weighted by atomic mass is 10.2. The number of benzene rings is 1. The third-order valence-corrected chi connectivity index (χ3v) is 3.82. The number of hydrogen-bond acceptors (Lipinski definition) is 3. The number of carbonyl (C=O) groups is 2. The van der Waals surface area contributed by atoms with E-state index in [0.717, 1.165) is 10.9 Å². The molecule has 0 bridgehead atoms. The average Bonchev–Trinajstić information content (AvgIpc) is 2.85. The van der Waals surface area contributed by atoms with Crippen molar-refractivity contribution in [2.24, 2.45) is 0 Å². The van der Waals surface area contributed by atoms with Crippen molar-refractivity contribution in [1.82, 2.24) is 10.2 Å². The van der Waals surface area contributed by atoms with E-state index in [-0.39, 0.29) is 11.9 Å². The van der Waals surface area contributed by atoms with Gasteiger partial charge in [-0.3, -0.25) is 4.79 Å². The van der Waals surface area contributed by atoms with Gasteiger partial charge in [0, 0.05) is 23.1 Å². The van der Waals surface area contributed by atoms with Gasteiger partial charge in [0.25, 0.3) is 5.91 Å². The molecule has 0 aliphatic carbocycles. The predicted octanol–water partition coefficient (Wildman–Crippen LogP) is 3.19. The summed E-state index contributed by atoms with van der Waals surface area (Å²) >= 11 is 3.35. The number of nitrogens with zero attached hydrogens (tertiary/aromatic N) is 1. The Morgan fingerprint density at radius 1 is 1.27 bits per heavy atom. The number of ether oxygens (including phenoxy) is 1. The minimum absolute atomic E-state index is 0.0130. The summed E-state index contributed by atoms with van der Waals surface area (Å²) in [7, 11) is 0. The molecule has 22 heavy (non-hydrogen) atoms. The zero-order valence-electron chi connectivity index (χ0n) is 13.1. The summed E-state index contributed by atoms with van der Waals surface area (Å²) in [5.74, 6) is -0.0130. The number of alkyl carbamates (subject to hydrolysis) is 1. The lowest BCUT2D eigenvalue weighted by Gasteiger charge is -2.22. The number of hydrogen-bond donors (Lipinski definition) is 1. The highest BCUT2D eigenvalue weighted by molar-refractivity contribution is 9.10. The molecule has 1 heterocycles. The maximum absolute atomic E-state index is 12.4. The van der Waals surface area contributed by atoms with Crippen LogP contribution in [0.25, 0.3) is 0 Å². The first-order chi connectivity index (χ1) is 10.2. The van der Waals surface area contributed by atoms with Gasteiger partial charge in [-0.05, 0) is 51.5 Å². The summed E-state index contributed by atoms with van der Waals surface area (Å²) in [6.07, 6.45) is 0.303. The molecule has 120 valence electrons. The molecule has 1 aromatic carbocycles. The summed E-state index contributed by atoms with van der Waals surface area (Å²) in [6.45, 7) is 6.61. The van der Waals surface area contributed by atoms with Gasteiger partial charge < -0.3 is 15.0 Å². The van der Waals surface area contributed by atoms with Crippen molar-refractivity contribution in [1.29, 1.82) is 0 Å². The monoisotopic (exact) mass is 368 g/mol. The molecule has 0 unspecified atom stereocenters. The van der Waals surface area contributed by atoms with E-state index in [1.807, 2.05) is 32.9 Å². The molecular weight excluding hydrogens is 348 g/mol. The van der Waals surface area contributed by atoms with Crippen molar-refractivity contribution >= 4 is 27.9 Å². The van der Waals surface area contributed by atoms with E-state index < -0.39 is 11.7 Å². The molecule has 1 aliphatic heterocycles. The quantitative estimate of drug-likeness (QED) is 0.871. The standard InChI is InChI=1S/C16H21BrN2O3/c1-16(2,3)22-15(21)18-13-8-9-19(10-13)14(20)11-4-6-12(17)7-5-11/h4-7,13H,8-10H2,1-3H3,(H,18,21)/t13-/m0/s1. The third-order valence-electron chi connectivity index (χ3n) is 3.29. The summed E-state index contributed by atoms with van der Waals surface area (Å²) in [5, 5.41) is 2.82. The van der Waals surface area contributed by atoms with Crippen LogP contribution in [0.5, 0.6) is 0 Å². The molecule has 1 atom stereocenters. The molecule has 0 aromatic heterocycles. The van der Waals surface area contributed by atoms with E-state index >= 15 is 0 Å². The third kappa shape index (κ3) is 4.73. The van der Waals surface area contributed by atoms with E-state index in [0.29, 0.717) is 18.7 Å². The normalized spacial score (nSPS) is 18.2. The maximum atomic E-state index is 12.4. The van der Waals surface area contributed by atoms with Gasteiger partial charge in [-0.2, -0.15) is 0 Å². The van der Waals surface area contributed by atoms with Gasteiger partial charge in [0.1, 0.15) is 5.60 Å². The SMILES string of the molecule is CC(C)(C)OC(=O)N[C@H]1CCN(C(=O)c2ccc(Br)cc2)C1. The fourth-order valence-electron chi connectivity index (χ4n) is 2.31. The molecule has 1 aromatic rings. The Morgan fingerprint density at radius 3 is 2.50 bits per heavy atom. The Hall–Kier alpha value is -1.56. The number of likely N-dealkylation sites (tertiary alicyclic amines) is 1. The highest BCUT2D eigenvalue weighted by Gasteiger charge is 2.29. The van der Waals surface area contributed by atoms with Gasteiger partial charge in [0.2, 0.25) is 0 Å².